The van der Waals surface area contributed by atoms with Gasteiger partial charge in [0.05, 0.1) is 0 Å². The Morgan fingerprint density at radius 2 is 0.551 bits per heavy atom. The largest absolute Gasteiger partial charge is 0.480 e. The standard InChI is InChI=1S/2C20H14O2.C3H6O3.C3H6O2.CH5N.CH4O.6CH3.H2O.12Y/c2*21-19(15-8-3-1-4-9-15)17-12-7-13-18(14-17)20(22)16-10-5-2-6-11-16;1-6-2-3(4)5;1-5-3-2-4;2*1-2;;;;;;;;;;;;;;;;;;;/h2*1-14H;2H2,1H3,(H,4,5);2H,3H2,1H3;2H2,1H3;2H,1H3;6*1H3;1H2;;;;;;;;;;;;/q;;;;;;6*-1;;;;;;;;;;;;;. The molecule has 0 saturated heterocycles. The number of carboxylic acids is 1. The molecule has 0 fully saturated rings. The van der Waals surface area contributed by atoms with Crippen LogP contribution in [0.4, 0.5) is 0 Å². The smallest absolute Gasteiger partial charge is 0.329 e. The molecule has 0 saturated carbocycles. The van der Waals surface area contributed by atoms with Crippen LogP contribution in [0.5, 0.6) is 0 Å². The number of carbonyl (C=O) groups excluding carboxylic acids is 5. The molecule has 12 nitrogen and oxygen atoms in total. The van der Waals surface area contributed by atoms with Gasteiger partial charge in [0.25, 0.3) is 0 Å². The van der Waals surface area contributed by atoms with Gasteiger partial charge in [-0.2, -0.15) is 0 Å². The second-order valence-electron chi connectivity index (χ2n) is 11.4. The number of aliphatic carboxylic acids is 1. The van der Waals surface area contributed by atoms with E-state index in [9.17, 15) is 28.8 Å². The first-order valence-corrected chi connectivity index (χ1v) is 17.9. The van der Waals surface area contributed by atoms with E-state index in [0.29, 0.717) is 50.8 Å². The van der Waals surface area contributed by atoms with Gasteiger partial charge in [-0.15, -0.1) is 0 Å². The summed E-state index contributed by atoms with van der Waals surface area (Å²) in [5, 5.41) is 14.8. The normalized spacial score (nSPS) is 7.00. The molecule has 398 valence electrons. The molecule has 78 heavy (non-hydrogen) atoms. The van der Waals surface area contributed by atoms with Crippen LogP contribution in [0, 0.1) is 44.6 Å². The number of ketones is 4. The number of aldehydes is 1. The number of ether oxygens (including phenoxy) is 2. The maximum Gasteiger partial charge on any atom is 0.329 e. The van der Waals surface area contributed by atoms with Crippen molar-refractivity contribution >= 4 is 35.4 Å². The Hall–Kier alpha value is 6.19. The van der Waals surface area contributed by atoms with Gasteiger partial charge in [0.1, 0.15) is 19.5 Å². The monoisotopic (exact) mass is 1970 g/mol. The van der Waals surface area contributed by atoms with Crippen molar-refractivity contribution in [2.45, 2.75) is 0 Å². The van der Waals surface area contributed by atoms with Gasteiger partial charge in [-0.05, 0) is 19.2 Å². The van der Waals surface area contributed by atoms with Crippen molar-refractivity contribution in [1.29, 1.82) is 0 Å². The topological polar surface area (TPSA) is 219 Å². The molecular formula is C54H69NO11Y12-6. The van der Waals surface area contributed by atoms with Crippen LogP contribution >= 0.6 is 0 Å². The van der Waals surface area contributed by atoms with E-state index in [-0.39, 0.29) is 479 Å². The Bertz CT molecular complexity index is 1920. The van der Waals surface area contributed by atoms with Crippen LogP contribution in [-0.4, -0.2) is 92.7 Å². The van der Waals surface area contributed by atoms with Gasteiger partial charge in [-0.25, -0.2) is 4.79 Å². The molecule has 0 aliphatic rings. The molecule has 0 aromatic heterocycles. The number of carbonyl (C=O) groups is 6. The first kappa shape index (κ1) is 137. The average molecular weight is 1980 g/mol. The maximum atomic E-state index is 12.4. The van der Waals surface area contributed by atoms with Gasteiger partial charge in [0, 0.05) is 458 Å². The van der Waals surface area contributed by atoms with Crippen molar-refractivity contribution < 1.29 is 446 Å². The molecule has 0 bridgehead atoms. The van der Waals surface area contributed by atoms with Gasteiger partial charge < -0.3 is 80.3 Å². The number of nitrogens with two attached hydrogens (primary N) is 1. The van der Waals surface area contributed by atoms with Gasteiger partial charge in [0.2, 0.25) is 0 Å². The van der Waals surface area contributed by atoms with Gasteiger partial charge >= 0.3 is 5.97 Å². The van der Waals surface area contributed by atoms with Crippen LogP contribution in [0.2, 0.25) is 0 Å². The fourth-order valence-corrected chi connectivity index (χ4v) is 4.82. The van der Waals surface area contributed by atoms with Crippen molar-refractivity contribution in [2.24, 2.45) is 5.73 Å². The maximum absolute atomic E-state index is 12.4. The third-order valence-electron chi connectivity index (χ3n) is 7.42. The quantitative estimate of drug-likeness (QED) is 0.0597. The number of hydrogen-bond donors (Lipinski definition) is 3. The van der Waals surface area contributed by atoms with Crippen LogP contribution in [0.1, 0.15) is 63.7 Å². The summed E-state index contributed by atoms with van der Waals surface area (Å²) in [5.74, 6) is -1.25. The number of benzene rings is 6. The van der Waals surface area contributed by atoms with Crippen molar-refractivity contribution in [3.8, 4) is 0 Å². The number of methoxy groups -OCH3 is 2. The fraction of sp³-hybridized carbons (Fsp3) is 0.111. The van der Waals surface area contributed by atoms with Crippen LogP contribution in [-0.2, 0) is 412 Å². The average Bonchev–Trinajstić information content (AvgIpc) is 3.31. The summed E-state index contributed by atoms with van der Waals surface area (Å²) >= 11 is 0. The van der Waals surface area contributed by atoms with E-state index in [0.717, 1.165) is 7.11 Å². The number of rotatable bonds is 12. The van der Waals surface area contributed by atoms with E-state index in [1.54, 1.807) is 97.1 Å². The summed E-state index contributed by atoms with van der Waals surface area (Å²) in [6.45, 7) is -0.000000000000000222. The van der Waals surface area contributed by atoms with E-state index in [2.05, 4.69) is 15.2 Å². The van der Waals surface area contributed by atoms with Crippen molar-refractivity contribution in [3.63, 3.8) is 0 Å². The van der Waals surface area contributed by atoms with Crippen LogP contribution in [0.25, 0.3) is 0 Å². The molecule has 0 atom stereocenters. The minimum Gasteiger partial charge on any atom is -0.480 e. The van der Waals surface area contributed by atoms with Crippen LogP contribution < -0.4 is 5.73 Å². The molecule has 0 unspecified atom stereocenters. The third kappa shape index (κ3) is 59.8. The Balaban J connectivity index is -0.0000000350. The van der Waals surface area contributed by atoms with Gasteiger partial charge in [-0.1, -0.05) is 158 Å². The summed E-state index contributed by atoms with van der Waals surface area (Å²) in [7, 11) is 5.32. The molecule has 0 aliphatic heterocycles. The molecule has 6 N–H and O–H groups in total. The second kappa shape index (κ2) is 91.9. The Morgan fingerprint density at radius 1 is 0.372 bits per heavy atom. The van der Waals surface area contributed by atoms with E-state index >= 15 is 0 Å². The van der Waals surface area contributed by atoms with Crippen LogP contribution in [0.15, 0.2) is 170 Å². The zero-order valence-electron chi connectivity index (χ0n) is 46.8. The predicted molar refractivity (Wildman–Crippen MR) is 270 cm³/mol. The fourth-order valence-electron chi connectivity index (χ4n) is 4.82. The Morgan fingerprint density at radius 3 is 0.667 bits per heavy atom. The van der Waals surface area contributed by atoms with E-state index in [1.807, 2.05) is 72.8 Å². The SMILES string of the molecule is CN.CO.COCC(=O)O.COCC=O.O.O=C(c1ccccc1)c1cccc(C(=O)c2ccccc2)c1.O=C(c1ccccc1)c1cccc(C(=O)c2ccccc2)c1.[CH3-].[CH3-].[CH3-].[CH3-].[CH3-].[CH3-].[Y].[Y].[Y].[Y].[Y].[Y].[Y].[Y].[Y].[Y].[Y].[Y]. The van der Waals surface area contributed by atoms with E-state index in [1.165, 1.54) is 21.3 Å². The molecule has 6 rings (SSSR count). The third-order valence-corrected chi connectivity index (χ3v) is 7.42. The molecule has 0 amide bonds. The van der Waals surface area contributed by atoms with Crippen molar-refractivity contribution in [2.75, 3.05) is 41.6 Å². The van der Waals surface area contributed by atoms with Crippen LogP contribution in [0.3, 0.4) is 0 Å². The van der Waals surface area contributed by atoms with Crippen molar-refractivity contribution in [3.05, 3.63) is 259 Å². The van der Waals surface area contributed by atoms with Gasteiger partial charge in [0.15, 0.2) is 23.1 Å². The van der Waals surface area contributed by atoms with Gasteiger partial charge in [-0.3, -0.25) is 19.2 Å². The minimum atomic E-state index is -0.933. The summed E-state index contributed by atoms with van der Waals surface area (Å²) in [5.41, 5.74) is 9.05. The van der Waals surface area contributed by atoms with E-state index < -0.39 is 5.97 Å². The number of aliphatic hydroxyl groups excluding tert-OH is 1. The minimum absolute atomic E-state index is 0. The predicted octanol–water partition coefficient (Wildman–Crippen LogP) is 8.88. The molecule has 0 heterocycles. The Labute approximate surface area is 771 Å². The zero-order valence-corrected chi connectivity index (χ0v) is 80.9. The molecular weight excluding hydrogens is 1910 g/mol. The first-order chi connectivity index (χ1) is 28.7. The first-order valence-electron chi connectivity index (χ1n) is 17.9. The summed E-state index contributed by atoms with van der Waals surface area (Å²) in [4.78, 5) is 68.5. The number of aliphatic hydroxyl groups is 1. The molecule has 6 aromatic rings. The summed E-state index contributed by atoms with van der Waals surface area (Å²) in [6, 6.07) is 50.0. The zero-order chi connectivity index (χ0) is 43.8. The second-order valence-corrected chi connectivity index (χ2v) is 11.4. The molecule has 0 aliphatic carbocycles. The van der Waals surface area contributed by atoms with Crippen molar-refractivity contribution in [1.82, 2.24) is 0 Å². The number of carboxylic acid groups (broad SMARTS) is 1. The molecule has 6 aromatic carbocycles. The molecule has 0 spiro atoms. The summed E-state index contributed by atoms with van der Waals surface area (Å²) < 4.78 is 8.53. The summed E-state index contributed by atoms with van der Waals surface area (Å²) in [6.07, 6.45) is 0.708. The number of hydrogen-bond acceptors (Lipinski definition) is 10. The molecule has 24 heteroatoms. The molecule has 12 radical (unpaired) electrons. The Kier molecular flexibility index (Phi) is 162. The van der Waals surface area contributed by atoms with E-state index in [4.69, 9.17) is 10.2 Å².